The summed E-state index contributed by atoms with van der Waals surface area (Å²) in [5.74, 6) is -1.21. The molecule has 1 unspecified atom stereocenters. The van der Waals surface area contributed by atoms with Crippen LogP contribution < -0.4 is 24.2 Å². The molecule has 4 N–H and O–H groups in total. The first-order valence-corrected chi connectivity index (χ1v) is 15.6. The van der Waals surface area contributed by atoms with Crippen molar-refractivity contribution in [3.05, 3.63) is 71.2 Å². The highest BCUT2D eigenvalue weighted by Crippen LogP contribution is 2.47. The van der Waals surface area contributed by atoms with Gasteiger partial charge in [0.05, 0.1) is 25.5 Å². The van der Waals surface area contributed by atoms with Gasteiger partial charge < -0.3 is 34.3 Å². The molecule has 4 rings (SSSR count). The number of amides is 1. The molecule has 4 atom stereocenters. The van der Waals surface area contributed by atoms with Gasteiger partial charge >= 0.3 is 6.18 Å². The summed E-state index contributed by atoms with van der Waals surface area (Å²) in [6.45, 7) is 6.70. The number of aromatic nitrogens is 1. The third-order valence-corrected chi connectivity index (χ3v) is 9.12. The van der Waals surface area contributed by atoms with Gasteiger partial charge in [-0.25, -0.2) is 9.37 Å². The summed E-state index contributed by atoms with van der Waals surface area (Å²) in [5.41, 5.74) is -5.76. The van der Waals surface area contributed by atoms with Crippen LogP contribution in [0.15, 0.2) is 48.5 Å². The Hall–Kier alpha value is -3.63. The third-order valence-electron chi connectivity index (χ3n) is 7.37. The predicted molar refractivity (Wildman–Crippen MR) is 166 cm³/mol. The van der Waals surface area contributed by atoms with Crippen LogP contribution in [0.4, 0.5) is 17.6 Å². The number of rotatable bonds is 11. The zero-order valence-electron chi connectivity index (χ0n) is 26.6. The molecule has 0 bridgehead atoms. The van der Waals surface area contributed by atoms with Gasteiger partial charge in [-0.2, -0.15) is 13.2 Å². The van der Waals surface area contributed by atoms with Gasteiger partial charge in [0.15, 0.2) is 17.2 Å². The van der Waals surface area contributed by atoms with E-state index in [0.717, 1.165) is 18.2 Å². The Bertz CT molecular complexity index is 1600. The maximum Gasteiger partial charge on any atom is 0.424 e. The SMILES string of the molecule is COc1cc(C(=O)NC[C@@](O)(c2cc3c(c(-c4ccc(F)cc4)n2)OC[C@@]3(C)N[S+]([O-])C(C)(C)C)C(F)(F)F)ccc1OC[C@@H](C)O. The molecule has 1 aliphatic rings. The highest BCUT2D eigenvalue weighted by atomic mass is 32.2. The maximum absolute atomic E-state index is 14.8. The van der Waals surface area contributed by atoms with Crippen molar-refractivity contribution in [2.24, 2.45) is 0 Å². The molecule has 10 nitrogen and oxygen atoms in total. The van der Waals surface area contributed by atoms with Gasteiger partial charge in [-0.3, -0.25) is 4.79 Å². The van der Waals surface area contributed by atoms with Crippen LogP contribution in [0.5, 0.6) is 17.2 Å². The molecule has 0 spiro atoms. The van der Waals surface area contributed by atoms with Crippen molar-refractivity contribution in [1.82, 2.24) is 15.0 Å². The highest BCUT2D eigenvalue weighted by molar-refractivity contribution is 7.90. The first-order chi connectivity index (χ1) is 21.8. The van der Waals surface area contributed by atoms with Crippen LogP contribution >= 0.6 is 0 Å². The fraction of sp³-hybridized carbons (Fsp3) is 0.438. The molecular formula is C32H37F4N3O7S. The minimum atomic E-state index is -5.35. The summed E-state index contributed by atoms with van der Waals surface area (Å²) in [4.78, 5) is 17.2. The minimum Gasteiger partial charge on any atom is -0.598 e. The van der Waals surface area contributed by atoms with E-state index in [1.165, 1.54) is 44.4 Å². The number of carbonyl (C=O) groups is 1. The van der Waals surface area contributed by atoms with Gasteiger partial charge in [0, 0.05) is 28.1 Å². The Morgan fingerprint density at radius 3 is 2.38 bits per heavy atom. The lowest BCUT2D eigenvalue weighted by Crippen LogP contribution is -2.52. The molecule has 15 heteroatoms. The fourth-order valence-electron chi connectivity index (χ4n) is 4.63. The number of ether oxygens (including phenoxy) is 3. The Balaban J connectivity index is 1.76. The van der Waals surface area contributed by atoms with Crippen molar-refractivity contribution >= 4 is 17.3 Å². The summed E-state index contributed by atoms with van der Waals surface area (Å²) >= 11 is -1.69. The van der Waals surface area contributed by atoms with Crippen LogP contribution in [0.3, 0.4) is 0 Å². The monoisotopic (exact) mass is 683 g/mol. The number of nitrogens with one attached hydrogen (secondary N) is 2. The van der Waals surface area contributed by atoms with Crippen LogP contribution in [0.2, 0.25) is 0 Å². The molecule has 1 aliphatic heterocycles. The van der Waals surface area contributed by atoms with E-state index < -0.39 is 63.5 Å². The van der Waals surface area contributed by atoms with Crippen LogP contribution in [0.1, 0.15) is 56.2 Å². The van der Waals surface area contributed by atoms with Gasteiger partial charge in [-0.1, -0.05) is 0 Å². The second-order valence-corrected chi connectivity index (χ2v) is 14.4. The molecular weight excluding hydrogens is 646 g/mol. The summed E-state index contributed by atoms with van der Waals surface area (Å²) in [5, 5.41) is 23.0. The summed E-state index contributed by atoms with van der Waals surface area (Å²) in [6.07, 6.45) is -6.14. The zero-order valence-corrected chi connectivity index (χ0v) is 27.4. The predicted octanol–water partition coefficient (Wildman–Crippen LogP) is 4.50. The molecule has 0 saturated carbocycles. The van der Waals surface area contributed by atoms with Crippen molar-refractivity contribution in [2.45, 2.75) is 62.8 Å². The molecule has 3 aromatic rings. The van der Waals surface area contributed by atoms with E-state index in [9.17, 15) is 37.1 Å². The standard InChI is InChI=1S/C32H37F4N3O7S/c1-18(40)15-45-23-12-9-20(13-24(23)44-6)28(41)37-16-31(42,32(34,35)36)25-14-22-27(26(38-25)19-7-10-21(33)11-8-19)46-17-30(22,5)39-47(43)29(2,3)4/h7-14,18,39-40,42H,15-17H2,1-6H3,(H,37,41)/t18-,30-,31-,47?/m1/s1. The van der Waals surface area contributed by atoms with Crippen LogP contribution in [0.25, 0.3) is 11.3 Å². The van der Waals surface area contributed by atoms with E-state index in [2.05, 4.69) is 15.0 Å². The highest BCUT2D eigenvalue weighted by Gasteiger charge is 2.57. The quantitative estimate of drug-likeness (QED) is 0.170. The number of methoxy groups -OCH3 is 1. The number of aliphatic hydroxyl groups excluding tert-OH is 1. The second-order valence-electron chi connectivity index (χ2n) is 12.4. The normalized spacial score (nSPS) is 18.8. The van der Waals surface area contributed by atoms with Gasteiger partial charge in [0.1, 0.15) is 35.0 Å². The topological polar surface area (TPSA) is 145 Å². The van der Waals surface area contributed by atoms with Gasteiger partial charge in [0.2, 0.25) is 5.60 Å². The van der Waals surface area contributed by atoms with Gasteiger partial charge in [0.25, 0.3) is 5.91 Å². The maximum atomic E-state index is 14.8. The van der Waals surface area contributed by atoms with E-state index in [1.54, 1.807) is 27.7 Å². The number of hydrogen-bond donors (Lipinski definition) is 4. The number of benzene rings is 2. The molecule has 0 saturated heterocycles. The Morgan fingerprint density at radius 1 is 1.15 bits per heavy atom. The number of aliphatic hydroxyl groups is 2. The molecule has 0 fully saturated rings. The van der Waals surface area contributed by atoms with Crippen LogP contribution in [0, 0.1) is 5.82 Å². The van der Waals surface area contributed by atoms with E-state index in [1.807, 2.05) is 0 Å². The smallest absolute Gasteiger partial charge is 0.424 e. The molecule has 2 aromatic carbocycles. The number of nitrogens with zero attached hydrogens (tertiary/aromatic N) is 1. The molecule has 1 amide bonds. The molecule has 256 valence electrons. The lowest BCUT2D eigenvalue weighted by molar-refractivity contribution is -0.265. The van der Waals surface area contributed by atoms with Gasteiger partial charge in [-0.15, -0.1) is 4.72 Å². The molecule has 0 aliphatic carbocycles. The number of alkyl halides is 3. The van der Waals surface area contributed by atoms with E-state index >= 15 is 0 Å². The van der Waals surface area contributed by atoms with Crippen molar-refractivity contribution in [1.29, 1.82) is 0 Å². The van der Waals surface area contributed by atoms with E-state index in [4.69, 9.17) is 14.2 Å². The Morgan fingerprint density at radius 2 is 1.81 bits per heavy atom. The van der Waals surface area contributed by atoms with Crippen molar-refractivity contribution < 1.29 is 51.3 Å². The first-order valence-electron chi connectivity index (χ1n) is 14.5. The first kappa shape index (κ1) is 36.2. The summed E-state index contributed by atoms with van der Waals surface area (Å²) < 4.78 is 90.1. The largest absolute Gasteiger partial charge is 0.598 e. The van der Waals surface area contributed by atoms with E-state index in [0.29, 0.717) is 0 Å². The lowest BCUT2D eigenvalue weighted by atomic mass is 9.89. The fourth-order valence-corrected chi connectivity index (χ4v) is 5.51. The molecule has 47 heavy (non-hydrogen) atoms. The molecule has 0 radical (unpaired) electrons. The summed E-state index contributed by atoms with van der Waals surface area (Å²) in [6, 6.07) is 9.70. The number of hydrogen-bond acceptors (Lipinski definition) is 9. The number of carbonyl (C=O) groups excluding carboxylic acids is 1. The van der Waals surface area contributed by atoms with Crippen molar-refractivity contribution in [3.63, 3.8) is 0 Å². The number of fused-ring (bicyclic) bond motifs is 1. The number of halogens is 4. The van der Waals surface area contributed by atoms with Crippen LogP contribution in [-0.2, 0) is 22.5 Å². The lowest BCUT2D eigenvalue weighted by Gasteiger charge is -2.33. The molecule has 1 aromatic heterocycles. The van der Waals surface area contributed by atoms with Crippen molar-refractivity contribution in [3.8, 4) is 28.5 Å². The summed E-state index contributed by atoms with van der Waals surface area (Å²) in [7, 11) is 1.30. The van der Waals surface area contributed by atoms with Gasteiger partial charge in [-0.05, 0) is 83.1 Å². The zero-order chi connectivity index (χ0) is 34.9. The average Bonchev–Trinajstić information content (AvgIpc) is 3.33. The average molecular weight is 684 g/mol. The Labute approximate surface area is 272 Å². The second kappa shape index (κ2) is 13.5. The van der Waals surface area contributed by atoms with E-state index in [-0.39, 0.29) is 52.8 Å². The third kappa shape index (κ3) is 7.75. The Kier molecular flexibility index (Phi) is 10.4. The number of pyridine rings is 1. The molecule has 2 heterocycles. The van der Waals surface area contributed by atoms with Crippen LogP contribution in [-0.4, -0.2) is 69.6 Å². The minimum absolute atomic E-state index is 0.0693. The van der Waals surface area contributed by atoms with Crippen molar-refractivity contribution in [2.75, 3.05) is 26.9 Å².